The van der Waals surface area contributed by atoms with Crippen LogP contribution in [0.15, 0.2) is 35.5 Å². The van der Waals surface area contributed by atoms with E-state index in [1.54, 1.807) is 4.90 Å². The molecule has 0 unspecified atom stereocenters. The van der Waals surface area contributed by atoms with Crippen molar-refractivity contribution in [2.45, 2.75) is 12.5 Å². The van der Waals surface area contributed by atoms with Gasteiger partial charge in [-0.05, 0) is 12.0 Å². The first-order valence-corrected chi connectivity index (χ1v) is 5.49. The summed E-state index contributed by atoms with van der Waals surface area (Å²) in [5.74, 6) is -0.0961. The fraction of sp³-hybridized carbons (Fsp3) is 0.333. The zero-order chi connectivity index (χ0) is 12.3. The smallest absolute Gasteiger partial charge is 0.240 e. The van der Waals surface area contributed by atoms with E-state index < -0.39 is 6.04 Å². The van der Waals surface area contributed by atoms with Crippen molar-refractivity contribution in [3.63, 3.8) is 0 Å². The van der Waals surface area contributed by atoms with Gasteiger partial charge in [0.1, 0.15) is 0 Å². The van der Waals surface area contributed by atoms with Gasteiger partial charge in [0.05, 0.1) is 24.8 Å². The van der Waals surface area contributed by atoms with E-state index in [4.69, 9.17) is 10.9 Å². The lowest BCUT2D eigenvalue weighted by atomic mass is 10.0. The molecular formula is C12H15N3O2. The quantitative estimate of drug-likeness (QED) is 0.579. The third-order valence-electron chi connectivity index (χ3n) is 2.82. The number of benzene rings is 1. The topological polar surface area (TPSA) is 78.9 Å². The van der Waals surface area contributed by atoms with Gasteiger partial charge in [0.15, 0.2) is 0 Å². The van der Waals surface area contributed by atoms with Crippen LogP contribution in [-0.4, -0.2) is 40.9 Å². The first-order valence-electron chi connectivity index (χ1n) is 5.49. The predicted molar refractivity (Wildman–Crippen MR) is 63.9 cm³/mol. The highest BCUT2D eigenvalue weighted by atomic mass is 16.4. The van der Waals surface area contributed by atoms with Gasteiger partial charge in [0.25, 0.3) is 0 Å². The highest BCUT2D eigenvalue weighted by Crippen LogP contribution is 2.09. The number of nitrogens with zero attached hydrogens (tertiary/aromatic N) is 2. The van der Waals surface area contributed by atoms with Crippen LogP contribution in [0.5, 0.6) is 0 Å². The number of hydrogen-bond donors (Lipinski definition) is 2. The van der Waals surface area contributed by atoms with Gasteiger partial charge in [0, 0.05) is 0 Å². The number of hydrogen-bond acceptors (Lipinski definition) is 4. The van der Waals surface area contributed by atoms with E-state index in [1.165, 1.54) is 0 Å². The number of oxime groups is 1. The molecule has 1 aromatic carbocycles. The molecular weight excluding hydrogens is 218 g/mol. The fourth-order valence-corrected chi connectivity index (χ4v) is 1.80. The van der Waals surface area contributed by atoms with Crippen LogP contribution in [-0.2, 0) is 11.2 Å². The molecule has 2 rings (SSSR count). The van der Waals surface area contributed by atoms with E-state index in [9.17, 15) is 4.79 Å². The average molecular weight is 233 g/mol. The lowest BCUT2D eigenvalue weighted by molar-refractivity contribution is -0.132. The molecule has 0 spiro atoms. The molecule has 1 aliphatic heterocycles. The summed E-state index contributed by atoms with van der Waals surface area (Å²) in [6.07, 6.45) is 0.530. The summed E-state index contributed by atoms with van der Waals surface area (Å²) in [5.41, 5.74) is 7.52. The van der Waals surface area contributed by atoms with E-state index in [1.807, 2.05) is 30.3 Å². The minimum atomic E-state index is -0.530. The summed E-state index contributed by atoms with van der Waals surface area (Å²) in [5, 5.41) is 11.5. The van der Waals surface area contributed by atoms with Crippen molar-refractivity contribution < 1.29 is 10.0 Å². The Kier molecular flexibility index (Phi) is 3.39. The summed E-state index contributed by atoms with van der Waals surface area (Å²) < 4.78 is 0. The van der Waals surface area contributed by atoms with Gasteiger partial charge in [-0.25, -0.2) is 0 Å². The SMILES string of the molecule is N[C@@H](Cc1ccccc1)C(=O)N1CC(=NO)C1. The molecule has 3 N–H and O–H groups in total. The Balaban J connectivity index is 1.88. The number of nitrogens with two attached hydrogens (primary N) is 1. The summed E-state index contributed by atoms with van der Waals surface area (Å²) in [7, 11) is 0. The molecule has 1 aromatic rings. The van der Waals surface area contributed by atoms with E-state index in [0.29, 0.717) is 25.2 Å². The summed E-state index contributed by atoms with van der Waals surface area (Å²) >= 11 is 0. The number of rotatable bonds is 3. The van der Waals surface area contributed by atoms with Gasteiger partial charge >= 0.3 is 0 Å². The predicted octanol–water partition coefficient (Wildman–Crippen LogP) is 0.229. The third-order valence-corrected chi connectivity index (χ3v) is 2.82. The van der Waals surface area contributed by atoms with Gasteiger partial charge in [-0.15, -0.1) is 0 Å². The lowest BCUT2D eigenvalue weighted by Crippen LogP contribution is -2.56. The maximum absolute atomic E-state index is 11.9. The standard InChI is InChI=1S/C12H15N3O2/c13-11(6-9-4-2-1-3-5-9)12(16)15-7-10(8-15)14-17/h1-5,11,17H,6-8,13H2/t11-/m0/s1. The normalized spacial score (nSPS) is 16.3. The van der Waals surface area contributed by atoms with E-state index in [2.05, 4.69) is 5.16 Å². The van der Waals surface area contributed by atoms with Gasteiger partial charge in [-0.2, -0.15) is 0 Å². The Morgan fingerprint density at radius 2 is 2.06 bits per heavy atom. The number of carbonyl (C=O) groups is 1. The highest BCUT2D eigenvalue weighted by Gasteiger charge is 2.30. The second-order valence-electron chi connectivity index (χ2n) is 4.16. The van der Waals surface area contributed by atoms with Crippen molar-refractivity contribution in [2.75, 3.05) is 13.1 Å². The molecule has 17 heavy (non-hydrogen) atoms. The van der Waals surface area contributed by atoms with Gasteiger partial charge in [-0.1, -0.05) is 35.5 Å². The van der Waals surface area contributed by atoms with Crippen LogP contribution < -0.4 is 5.73 Å². The maximum atomic E-state index is 11.9. The molecule has 0 aliphatic carbocycles. The number of carbonyl (C=O) groups excluding carboxylic acids is 1. The third kappa shape index (κ3) is 2.62. The fourth-order valence-electron chi connectivity index (χ4n) is 1.80. The molecule has 0 aromatic heterocycles. The maximum Gasteiger partial charge on any atom is 0.240 e. The summed E-state index contributed by atoms with van der Waals surface area (Å²) in [6, 6.07) is 9.14. The second-order valence-corrected chi connectivity index (χ2v) is 4.16. The van der Waals surface area contributed by atoms with E-state index in [-0.39, 0.29) is 5.91 Å². The first kappa shape index (κ1) is 11.6. The van der Waals surface area contributed by atoms with E-state index >= 15 is 0 Å². The molecule has 1 atom stereocenters. The van der Waals surface area contributed by atoms with Crippen LogP contribution in [0.2, 0.25) is 0 Å². The van der Waals surface area contributed by atoms with Crippen LogP contribution in [0.1, 0.15) is 5.56 Å². The van der Waals surface area contributed by atoms with Crippen molar-refractivity contribution in [1.29, 1.82) is 0 Å². The largest absolute Gasteiger partial charge is 0.411 e. The average Bonchev–Trinajstić information content (AvgIpc) is 2.28. The van der Waals surface area contributed by atoms with Crippen molar-refractivity contribution >= 4 is 11.6 Å². The summed E-state index contributed by atoms with van der Waals surface area (Å²) in [4.78, 5) is 13.4. The molecule has 1 aliphatic rings. The molecule has 0 bridgehead atoms. The van der Waals surface area contributed by atoms with Gasteiger partial charge in [0.2, 0.25) is 5.91 Å². The van der Waals surface area contributed by atoms with Crippen LogP contribution in [0.3, 0.4) is 0 Å². The zero-order valence-electron chi connectivity index (χ0n) is 9.41. The Morgan fingerprint density at radius 1 is 1.41 bits per heavy atom. The minimum Gasteiger partial charge on any atom is -0.411 e. The molecule has 1 fully saturated rings. The summed E-state index contributed by atoms with van der Waals surface area (Å²) in [6.45, 7) is 0.773. The molecule has 1 saturated heterocycles. The lowest BCUT2D eigenvalue weighted by Gasteiger charge is -2.33. The van der Waals surface area contributed by atoms with Crippen molar-refractivity contribution in [1.82, 2.24) is 4.90 Å². The van der Waals surface area contributed by atoms with Crippen LogP contribution in [0, 0.1) is 0 Å². The van der Waals surface area contributed by atoms with E-state index in [0.717, 1.165) is 5.56 Å². The van der Waals surface area contributed by atoms with Gasteiger partial charge < -0.3 is 15.8 Å². The molecule has 1 heterocycles. The molecule has 90 valence electrons. The zero-order valence-corrected chi connectivity index (χ0v) is 9.41. The van der Waals surface area contributed by atoms with Crippen molar-refractivity contribution in [3.8, 4) is 0 Å². The van der Waals surface area contributed by atoms with Gasteiger partial charge in [-0.3, -0.25) is 4.79 Å². The van der Waals surface area contributed by atoms with Crippen molar-refractivity contribution in [2.24, 2.45) is 10.9 Å². The number of amides is 1. The Labute approximate surface area is 99.5 Å². The van der Waals surface area contributed by atoms with Crippen LogP contribution >= 0.6 is 0 Å². The Bertz CT molecular complexity index is 423. The molecule has 0 saturated carbocycles. The molecule has 0 radical (unpaired) electrons. The molecule has 1 amide bonds. The molecule has 5 nitrogen and oxygen atoms in total. The molecule has 5 heteroatoms. The number of likely N-dealkylation sites (tertiary alicyclic amines) is 1. The second kappa shape index (κ2) is 4.97. The Hall–Kier alpha value is -1.88. The van der Waals surface area contributed by atoms with Crippen molar-refractivity contribution in [3.05, 3.63) is 35.9 Å². The van der Waals surface area contributed by atoms with Crippen LogP contribution in [0.25, 0.3) is 0 Å². The monoisotopic (exact) mass is 233 g/mol. The van der Waals surface area contributed by atoms with Crippen LogP contribution in [0.4, 0.5) is 0 Å². The Morgan fingerprint density at radius 3 is 2.65 bits per heavy atom. The first-order chi connectivity index (χ1) is 8.20. The highest BCUT2D eigenvalue weighted by molar-refractivity contribution is 6.00. The minimum absolute atomic E-state index is 0.0961.